The van der Waals surface area contributed by atoms with Crippen LogP contribution in [0.25, 0.3) is 0 Å². The minimum atomic E-state index is -0.821. The number of rotatable bonds is 3. The number of anilines is 1. The summed E-state index contributed by atoms with van der Waals surface area (Å²) in [7, 11) is 0. The highest BCUT2D eigenvalue weighted by molar-refractivity contribution is 5.89. The van der Waals surface area contributed by atoms with Gasteiger partial charge in [-0.3, -0.25) is 0 Å². The maximum Gasteiger partial charge on any atom is 0.319 e. The molecule has 2 unspecified atom stereocenters. The van der Waals surface area contributed by atoms with E-state index in [1.54, 1.807) is 18.2 Å². The standard InChI is InChI=1S/C13H16FN3O3/c14-8-3-10(15-5-8)6-16-13(18)17-9-1-2-11-12(4-9)20-7-19-11/h1-2,4,8,10,15H,3,5-7H2,(H2,16,17,18). The van der Waals surface area contributed by atoms with Crippen molar-refractivity contribution in [3.05, 3.63) is 18.2 Å². The van der Waals surface area contributed by atoms with E-state index >= 15 is 0 Å². The molecule has 1 aromatic rings. The van der Waals surface area contributed by atoms with Crippen LogP contribution < -0.4 is 25.4 Å². The summed E-state index contributed by atoms with van der Waals surface area (Å²) >= 11 is 0. The third kappa shape index (κ3) is 2.93. The van der Waals surface area contributed by atoms with Crippen molar-refractivity contribution in [3.8, 4) is 11.5 Å². The number of ether oxygens (including phenoxy) is 2. The molecule has 0 saturated carbocycles. The topological polar surface area (TPSA) is 71.6 Å². The molecule has 0 spiro atoms. The zero-order valence-corrected chi connectivity index (χ0v) is 10.8. The van der Waals surface area contributed by atoms with Gasteiger partial charge in [0.1, 0.15) is 6.17 Å². The fourth-order valence-electron chi connectivity index (χ4n) is 2.29. The maximum atomic E-state index is 13.0. The second-order valence-electron chi connectivity index (χ2n) is 4.84. The number of benzene rings is 1. The number of carbonyl (C=O) groups is 1. The summed E-state index contributed by atoms with van der Waals surface area (Å²) in [5.41, 5.74) is 0.620. The van der Waals surface area contributed by atoms with E-state index in [4.69, 9.17) is 9.47 Å². The van der Waals surface area contributed by atoms with E-state index in [1.807, 2.05) is 0 Å². The highest BCUT2D eigenvalue weighted by atomic mass is 19.1. The Hall–Kier alpha value is -2.02. The molecule has 2 heterocycles. The maximum absolute atomic E-state index is 13.0. The number of alkyl halides is 1. The molecular formula is C13H16FN3O3. The number of fused-ring (bicyclic) bond motifs is 1. The number of urea groups is 1. The van der Waals surface area contributed by atoms with Gasteiger partial charge in [0.2, 0.25) is 6.79 Å². The Morgan fingerprint density at radius 2 is 2.25 bits per heavy atom. The third-order valence-corrected chi connectivity index (χ3v) is 3.31. The van der Waals surface area contributed by atoms with Crippen molar-refractivity contribution >= 4 is 11.7 Å². The predicted molar refractivity (Wildman–Crippen MR) is 70.9 cm³/mol. The van der Waals surface area contributed by atoms with Gasteiger partial charge in [0.15, 0.2) is 11.5 Å². The fourth-order valence-corrected chi connectivity index (χ4v) is 2.29. The van der Waals surface area contributed by atoms with Crippen LogP contribution in [-0.2, 0) is 0 Å². The molecule has 0 aliphatic carbocycles. The van der Waals surface area contributed by atoms with E-state index in [9.17, 15) is 9.18 Å². The Balaban J connectivity index is 1.49. The lowest BCUT2D eigenvalue weighted by Gasteiger charge is -2.12. The second kappa shape index (κ2) is 5.54. The van der Waals surface area contributed by atoms with Crippen molar-refractivity contribution in [3.63, 3.8) is 0 Å². The van der Waals surface area contributed by atoms with Crippen LogP contribution in [0.4, 0.5) is 14.9 Å². The normalized spacial score (nSPS) is 23.6. The minimum Gasteiger partial charge on any atom is -0.454 e. The molecule has 20 heavy (non-hydrogen) atoms. The zero-order valence-electron chi connectivity index (χ0n) is 10.8. The van der Waals surface area contributed by atoms with Gasteiger partial charge in [-0.25, -0.2) is 9.18 Å². The van der Waals surface area contributed by atoms with Crippen LogP contribution in [-0.4, -0.2) is 38.1 Å². The van der Waals surface area contributed by atoms with Gasteiger partial charge in [-0.2, -0.15) is 0 Å². The lowest BCUT2D eigenvalue weighted by molar-refractivity contribution is 0.174. The van der Waals surface area contributed by atoms with E-state index < -0.39 is 6.17 Å². The number of nitrogens with one attached hydrogen (secondary N) is 3. The molecule has 2 amide bonds. The summed E-state index contributed by atoms with van der Waals surface area (Å²) in [5, 5.41) is 8.42. The first-order valence-corrected chi connectivity index (χ1v) is 6.52. The van der Waals surface area contributed by atoms with Gasteiger partial charge < -0.3 is 25.4 Å². The van der Waals surface area contributed by atoms with Crippen LogP contribution in [0.1, 0.15) is 6.42 Å². The van der Waals surface area contributed by atoms with E-state index in [0.29, 0.717) is 36.7 Å². The predicted octanol–water partition coefficient (Wildman–Crippen LogP) is 1.24. The van der Waals surface area contributed by atoms with Crippen molar-refractivity contribution in [1.29, 1.82) is 0 Å². The first-order chi connectivity index (χ1) is 9.70. The van der Waals surface area contributed by atoms with Gasteiger partial charge in [0, 0.05) is 30.9 Å². The average Bonchev–Trinajstić information content (AvgIpc) is 3.04. The van der Waals surface area contributed by atoms with Crippen LogP contribution >= 0.6 is 0 Å². The molecule has 1 aromatic carbocycles. The Labute approximate surface area is 115 Å². The number of halogens is 1. The third-order valence-electron chi connectivity index (χ3n) is 3.31. The molecule has 3 rings (SSSR count). The summed E-state index contributed by atoms with van der Waals surface area (Å²) in [5.74, 6) is 1.28. The fraction of sp³-hybridized carbons (Fsp3) is 0.462. The first-order valence-electron chi connectivity index (χ1n) is 6.52. The molecule has 0 radical (unpaired) electrons. The van der Waals surface area contributed by atoms with Crippen LogP contribution in [0.5, 0.6) is 11.5 Å². The summed E-state index contributed by atoms with van der Waals surface area (Å²) < 4.78 is 23.4. The van der Waals surface area contributed by atoms with Crippen molar-refractivity contribution in [2.45, 2.75) is 18.6 Å². The molecule has 108 valence electrons. The Morgan fingerprint density at radius 1 is 1.40 bits per heavy atom. The van der Waals surface area contributed by atoms with Gasteiger partial charge in [-0.05, 0) is 18.6 Å². The van der Waals surface area contributed by atoms with E-state index in [-0.39, 0.29) is 18.9 Å². The van der Waals surface area contributed by atoms with E-state index in [0.717, 1.165) is 0 Å². The van der Waals surface area contributed by atoms with Crippen LogP contribution in [0.2, 0.25) is 0 Å². The lowest BCUT2D eigenvalue weighted by atomic mass is 10.2. The highest BCUT2D eigenvalue weighted by Crippen LogP contribution is 2.34. The van der Waals surface area contributed by atoms with Crippen molar-refractivity contribution in [1.82, 2.24) is 10.6 Å². The molecule has 2 atom stereocenters. The molecule has 0 bridgehead atoms. The number of hydrogen-bond donors (Lipinski definition) is 3. The average molecular weight is 281 g/mol. The Bertz CT molecular complexity index is 512. The van der Waals surface area contributed by atoms with E-state index in [2.05, 4.69) is 16.0 Å². The molecular weight excluding hydrogens is 265 g/mol. The molecule has 7 heteroatoms. The zero-order chi connectivity index (χ0) is 13.9. The van der Waals surface area contributed by atoms with Crippen LogP contribution in [0, 0.1) is 0 Å². The molecule has 1 fully saturated rings. The van der Waals surface area contributed by atoms with Crippen LogP contribution in [0.15, 0.2) is 18.2 Å². The summed E-state index contributed by atoms with van der Waals surface area (Å²) in [6.07, 6.45) is -0.386. The van der Waals surface area contributed by atoms with Crippen molar-refractivity contribution in [2.75, 3.05) is 25.2 Å². The number of carbonyl (C=O) groups excluding carboxylic acids is 1. The minimum absolute atomic E-state index is 0.00694. The van der Waals surface area contributed by atoms with Crippen molar-refractivity contribution < 1.29 is 18.7 Å². The molecule has 6 nitrogen and oxygen atoms in total. The van der Waals surface area contributed by atoms with Gasteiger partial charge in [-0.15, -0.1) is 0 Å². The summed E-state index contributed by atoms with van der Waals surface area (Å²) in [6.45, 7) is 0.954. The van der Waals surface area contributed by atoms with Gasteiger partial charge in [0.05, 0.1) is 0 Å². The van der Waals surface area contributed by atoms with Gasteiger partial charge in [-0.1, -0.05) is 0 Å². The lowest BCUT2D eigenvalue weighted by Crippen LogP contribution is -2.39. The summed E-state index contributed by atoms with van der Waals surface area (Å²) in [6, 6.07) is 4.84. The monoisotopic (exact) mass is 281 g/mol. The Kier molecular flexibility index (Phi) is 3.60. The molecule has 2 aliphatic rings. The molecule has 1 saturated heterocycles. The number of amides is 2. The molecule has 3 N–H and O–H groups in total. The Morgan fingerprint density at radius 3 is 3.05 bits per heavy atom. The van der Waals surface area contributed by atoms with Crippen molar-refractivity contribution in [2.24, 2.45) is 0 Å². The number of hydrogen-bond acceptors (Lipinski definition) is 4. The highest BCUT2D eigenvalue weighted by Gasteiger charge is 2.23. The van der Waals surface area contributed by atoms with Crippen LogP contribution in [0.3, 0.4) is 0 Å². The molecule has 2 aliphatic heterocycles. The largest absolute Gasteiger partial charge is 0.454 e. The molecule has 0 aromatic heterocycles. The second-order valence-corrected chi connectivity index (χ2v) is 4.84. The van der Waals surface area contributed by atoms with E-state index in [1.165, 1.54) is 0 Å². The van der Waals surface area contributed by atoms with Gasteiger partial charge in [0.25, 0.3) is 0 Å². The van der Waals surface area contributed by atoms with Gasteiger partial charge >= 0.3 is 6.03 Å². The summed E-state index contributed by atoms with van der Waals surface area (Å²) in [4.78, 5) is 11.7. The SMILES string of the molecule is O=C(NCC1CC(F)CN1)Nc1ccc2c(c1)OCO2. The smallest absolute Gasteiger partial charge is 0.319 e. The quantitative estimate of drug-likeness (QED) is 0.779. The first kappa shape index (κ1) is 13.0.